The molecule has 0 fully saturated rings. The molecule has 2 aromatic heterocycles. The predicted octanol–water partition coefficient (Wildman–Crippen LogP) is 0.608. The van der Waals surface area contributed by atoms with Crippen molar-refractivity contribution in [3.05, 3.63) is 36.5 Å². The summed E-state index contributed by atoms with van der Waals surface area (Å²) in [4.78, 5) is 15.6. The Morgan fingerprint density at radius 3 is 3.00 bits per heavy atom. The zero-order valence-electron chi connectivity index (χ0n) is 8.18. The van der Waals surface area contributed by atoms with Crippen LogP contribution in [0.1, 0.15) is 10.4 Å². The summed E-state index contributed by atoms with van der Waals surface area (Å²) in [6.45, 7) is 0. The van der Waals surface area contributed by atoms with E-state index < -0.39 is 0 Å². The Labute approximate surface area is 90.6 Å². The van der Waals surface area contributed by atoms with Crippen LogP contribution in [0.4, 0.5) is 11.4 Å². The van der Waals surface area contributed by atoms with Crippen LogP contribution in [-0.4, -0.2) is 16.0 Å². The molecule has 16 heavy (non-hydrogen) atoms. The fourth-order valence-corrected chi connectivity index (χ4v) is 1.17. The fraction of sp³-hybridized carbons (Fsp3) is 0. The number of hydrogen-bond donors (Lipinski definition) is 3. The molecule has 0 unspecified atom stereocenters. The van der Waals surface area contributed by atoms with Crippen LogP contribution in [0.25, 0.3) is 0 Å². The van der Waals surface area contributed by atoms with Gasteiger partial charge >= 0.3 is 0 Å². The van der Waals surface area contributed by atoms with Gasteiger partial charge in [-0.3, -0.25) is 15.6 Å². The molecule has 0 radical (unpaired) electrons. The van der Waals surface area contributed by atoms with Crippen molar-refractivity contribution in [1.82, 2.24) is 10.1 Å². The van der Waals surface area contributed by atoms with Crippen molar-refractivity contribution in [2.75, 3.05) is 10.7 Å². The first-order chi connectivity index (χ1) is 7.81. The smallest absolute Gasteiger partial charge is 0.259 e. The predicted molar refractivity (Wildman–Crippen MR) is 56.5 cm³/mol. The molecule has 2 rings (SSSR count). The van der Waals surface area contributed by atoms with Gasteiger partial charge < -0.3 is 15.3 Å². The molecule has 2 aromatic rings. The number of nitrogens with one attached hydrogen (secondary N) is 2. The summed E-state index contributed by atoms with van der Waals surface area (Å²) < 4.78 is 4.59. The lowest BCUT2D eigenvalue weighted by molar-refractivity contribution is 0.102. The van der Waals surface area contributed by atoms with Crippen molar-refractivity contribution in [3.63, 3.8) is 0 Å². The van der Waals surface area contributed by atoms with Gasteiger partial charge in [-0.2, -0.15) is 0 Å². The van der Waals surface area contributed by atoms with Crippen LogP contribution < -0.4 is 16.6 Å². The van der Waals surface area contributed by atoms with Gasteiger partial charge in [0.25, 0.3) is 5.91 Å². The van der Waals surface area contributed by atoms with Crippen molar-refractivity contribution < 1.29 is 9.32 Å². The van der Waals surface area contributed by atoms with Crippen LogP contribution in [0.3, 0.4) is 0 Å². The number of nitrogens with two attached hydrogens (primary N) is 1. The zero-order chi connectivity index (χ0) is 11.4. The van der Waals surface area contributed by atoms with Gasteiger partial charge in [0.15, 0.2) is 0 Å². The zero-order valence-corrected chi connectivity index (χ0v) is 8.18. The minimum Gasteiger partial charge on any atom is -0.363 e. The number of pyridine rings is 1. The molecule has 0 spiro atoms. The van der Waals surface area contributed by atoms with E-state index in [-0.39, 0.29) is 5.91 Å². The first-order valence-corrected chi connectivity index (χ1v) is 4.42. The van der Waals surface area contributed by atoms with Gasteiger partial charge in [0, 0.05) is 12.4 Å². The van der Waals surface area contributed by atoms with Crippen LogP contribution in [0.2, 0.25) is 0 Å². The number of carbonyl (C=O) groups is 1. The molecule has 2 heterocycles. The molecule has 0 saturated heterocycles. The number of nitrogens with zero attached hydrogens (tertiary/aromatic N) is 2. The van der Waals surface area contributed by atoms with Gasteiger partial charge in [-0.15, -0.1) is 0 Å². The molecule has 7 nitrogen and oxygen atoms in total. The highest BCUT2D eigenvalue weighted by atomic mass is 16.5. The Morgan fingerprint density at radius 2 is 2.31 bits per heavy atom. The summed E-state index contributed by atoms with van der Waals surface area (Å²) in [5.41, 5.74) is 3.71. The van der Waals surface area contributed by atoms with Gasteiger partial charge in [0.1, 0.15) is 12.0 Å². The Kier molecular flexibility index (Phi) is 2.79. The Morgan fingerprint density at radius 1 is 1.44 bits per heavy atom. The molecule has 4 N–H and O–H groups in total. The number of aromatic nitrogens is 2. The van der Waals surface area contributed by atoms with E-state index in [2.05, 4.69) is 25.4 Å². The molecule has 1 amide bonds. The van der Waals surface area contributed by atoms with E-state index in [0.29, 0.717) is 16.9 Å². The average Bonchev–Trinajstić information content (AvgIpc) is 2.81. The SMILES string of the molecule is NNc1ccncc1C(=O)Nc1cnoc1. The fourth-order valence-electron chi connectivity index (χ4n) is 1.17. The number of hydrazine groups is 1. The van der Waals surface area contributed by atoms with Crippen LogP contribution in [0.5, 0.6) is 0 Å². The van der Waals surface area contributed by atoms with Gasteiger partial charge in [0.05, 0.1) is 17.4 Å². The van der Waals surface area contributed by atoms with E-state index in [1.165, 1.54) is 24.9 Å². The number of carbonyl (C=O) groups excluding carboxylic acids is 1. The van der Waals surface area contributed by atoms with Gasteiger partial charge in [0.2, 0.25) is 0 Å². The number of rotatable bonds is 3. The third-order valence-corrected chi connectivity index (χ3v) is 1.91. The summed E-state index contributed by atoms with van der Waals surface area (Å²) in [5.74, 6) is 4.93. The molecule has 82 valence electrons. The summed E-state index contributed by atoms with van der Waals surface area (Å²) in [7, 11) is 0. The van der Waals surface area contributed by atoms with Crippen molar-refractivity contribution in [1.29, 1.82) is 0 Å². The Hall–Kier alpha value is -2.41. The lowest BCUT2D eigenvalue weighted by Crippen LogP contribution is -2.17. The maximum atomic E-state index is 11.8. The Balaban J connectivity index is 2.21. The first kappa shape index (κ1) is 10.1. The highest BCUT2D eigenvalue weighted by molar-refractivity contribution is 6.07. The van der Waals surface area contributed by atoms with Crippen molar-refractivity contribution >= 4 is 17.3 Å². The summed E-state index contributed by atoms with van der Waals surface area (Å²) in [6.07, 6.45) is 5.66. The standard InChI is InChI=1S/C9H9N5O2/c10-14-8-1-2-11-4-7(8)9(15)13-6-3-12-16-5-6/h1-5H,10H2,(H,11,14)(H,13,15). The second kappa shape index (κ2) is 4.41. The molecule has 0 aromatic carbocycles. The highest BCUT2D eigenvalue weighted by Gasteiger charge is 2.11. The van der Waals surface area contributed by atoms with Crippen LogP contribution in [-0.2, 0) is 0 Å². The van der Waals surface area contributed by atoms with Gasteiger partial charge in [-0.1, -0.05) is 5.16 Å². The quantitative estimate of drug-likeness (QED) is 0.515. The van der Waals surface area contributed by atoms with Crippen LogP contribution in [0.15, 0.2) is 35.4 Å². The number of nitrogen functional groups attached to an aromatic ring is 1. The minimum absolute atomic E-state index is 0.339. The summed E-state index contributed by atoms with van der Waals surface area (Å²) >= 11 is 0. The lowest BCUT2D eigenvalue weighted by atomic mass is 10.2. The molecule has 0 aliphatic carbocycles. The second-order valence-electron chi connectivity index (χ2n) is 2.93. The topological polar surface area (TPSA) is 106 Å². The number of hydrogen-bond acceptors (Lipinski definition) is 6. The molecule has 0 atom stereocenters. The largest absolute Gasteiger partial charge is 0.363 e. The maximum Gasteiger partial charge on any atom is 0.259 e. The maximum absolute atomic E-state index is 11.8. The first-order valence-electron chi connectivity index (χ1n) is 4.42. The summed E-state index contributed by atoms with van der Waals surface area (Å²) in [6, 6.07) is 1.60. The molecule has 0 aliphatic heterocycles. The van der Waals surface area contributed by atoms with E-state index in [0.717, 1.165) is 0 Å². The van der Waals surface area contributed by atoms with Gasteiger partial charge in [-0.05, 0) is 6.07 Å². The van der Waals surface area contributed by atoms with Gasteiger partial charge in [-0.25, -0.2) is 0 Å². The van der Waals surface area contributed by atoms with Crippen LogP contribution in [0, 0.1) is 0 Å². The normalized spacial score (nSPS) is 9.81. The molecular formula is C9H9N5O2. The van der Waals surface area contributed by atoms with E-state index in [9.17, 15) is 4.79 Å². The van der Waals surface area contributed by atoms with E-state index in [1.54, 1.807) is 6.07 Å². The third kappa shape index (κ3) is 1.98. The molecule has 0 aliphatic rings. The van der Waals surface area contributed by atoms with Crippen molar-refractivity contribution in [2.45, 2.75) is 0 Å². The lowest BCUT2D eigenvalue weighted by Gasteiger charge is -2.06. The van der Waals surface area contributed by atoms with Crippen molar-refractivity contribution in [3.8, 4) is 0 Å². The van der Waals surface area contributed by atoms with E-state index >= 15 is 0 Å². The molecular weight excluding hydrogens is 210 g/mol. The minimum atomic E-state index is -0.343. The molecule has 0 bridgehead atoms. The summed E-state index contributed by atoms with van der Waals surface area (Å²) in [5, 5.41) is 6.05. The molecule has 0 saturated carbocycles. The third-order valence-electron chi connectivity index (χ3n) is 1.91. The average molecular weight is 219 g/mol. The number of amides is 1. The Bertz CT molecular complexity index is 482. The number of anilines is 2. The van der Waals surface area contributed by atoms with Crippen LogP contribution >= 0.6 is 0 Å². The molecule has 7 heteroatoms. The monoisotopic (exact) mass is 219 g/mol. The van der Waals surface area contributed by atoms with E-state index in [4.69, 9.17) is 5.84 Å². The van der Waals surface area contributed by atoms with E-state index in [1.807, 2.05) is 0 Å². The van der Waals surface area contributed by atoms with Crippen molar-refractivity contribution in [2.24, 2.45) is 5.84 Å². The highest BCUT2D eigenvalue weighted by Crippen LogP contribution is 2.14. The second-order valence-corrected chi connectivity index (χ2v) is 2.93.